The maximum Gasteiger partial charge on any atom is 0.339 e. The quantitative estimate of drug-likeness (QED) is 0.482. The highest BCUT2D eigenvalue weighted by Gasteiger charge is 2.33. The van der Waals surface area contributed by atoms with Gasteiger partial charge < -0.3 is 9.64 Å². The number of benzene rings is 1. The minimum absolute atomic E-state index is 0.0506. The van der Waals surface area contributed by atoms with Crippen LogP contribution in [0.15, 0.2) is 41.8 Å². The molecule has 1 fully saturated rings. The number of carbonyl (C=O) groups is 2. The number of amides is 1. The smallest absolute Gasteiger partial charge is 0.339 e. The maximum atomic E-state index is 13.4. The van der Waals surface area contributed by atoms with Crippen LogP contribution >= 0.6 is 11.3 Å². The van der Waals surface area contributed by atoms with Gasteiger partial charge in [-0.25, -0.2) is 18.2 Å². The summed E-state index contributed by atoms with van der Waals surface area (Å²) >= 11 is 1.65. The van der Waals surface area contributed by atoms with Crippen molar-refractivity contribution in [2.45, 2.75) is 31.7 Å². The number of aromatic nitrogens is 1. The van der Waals surface area contributed by atoms with Gasteiger partial charge >= 0.3 is 5.97 Å². The van der Waals surface area contributed by atoms with Gasteiger partial charge in [-0.3, -0.25) is 4.79 Å². The van der Waals surface area contributed by atoms with Crippen molar-refractivity contribution in [1.29, 1.82) is 0 Å². The van der Waals surface area contributed by atoms with Crippen molar-refractivity contribution >= 4 is 55.6 Å². The molecule has 3 aromatic rings. The molecule has 2 aliphatic rings. The van der Waals surface area contributed by atoms with E-state index in [2.05, 4.69) is 12.1 Å². The van der Waals surface area contributed by atoms with Crippen LogP contribution in [0, 0.1) is 0 Å². The fraction of sp³-hybridized carbons (Fsp3) is 0.346. The number of ether oxygens (including phenoxy) is 1. The van der Waals surface area contributed by atoms with E-state index >= 15 is 0 Å². The van der Waals surface area contributed by atoms with Crippen molar-refractivity contribution < 1.29 is 22.7 Å². The van der Waals surface area contributed by atoms with Gasteiger partial charge in [-0.2, -0.15) is 0 Å². The molecule has 0 unspecified atom stereocenters. The van der Waals surface area contributed by atoms with Gasteiger partial charge in [0, 0.05) is 23.4 Å². The van der Waals surface area contributed by atoms with E-state index in [1.807, 2.05) is 35.7 Å². The highest BCUT2D eigenvalue weighted by molar-refractivity contribution is 7.91. The zero-order chi connectivity index (χ0) is 24.6. The van der Waals surface area contributed by atoms with E-state index < -0.39 is 28.3 Å². The Bertz CT molecular complexity index is 1430. The van der Waals surface area contributed by atoms with Crippen LogP contribution in [-0.2, 0) is 25.8 Å². The first-order valence-electron chi connectivity index (χ1n) is 11.6. The number of sulfone groups is 1. The molecule has 3 heterocycles. The fourth-order valence-electron chi connectivity index (χ4n) is 4.84. The van der Waals surface area contributed by atoms with Gasteiger partial charge in [-0.1, -0.05) is 24.3 Å². The zero-order valence-electron chi connectivity index (χ0n) is 19.4. The Morgan fingerprint density at radius 2 is 2.03 bits per heavy atom. The van der Waals surface area contributed by atoms with Crippen LogP contribution in [-0.4, -0.2) is 61.4 Å². The SMILES string of the molecule is CN(C(=O)COC(=O)c1c2c(nc3ccccc13)/C(=C\c1cccs1)CCC2)[C@@H]1CCS(=O)(=O)C1. The van der Waals surface area contributed by atoms with E-state index in [0.717, 1.165) is 34.5 Å². The largest absolute Gasteiger partial charge is 0.452 e. The van der Waals surface area contributed by atoms with Gasteiger partial charge in [-0.05, 0) is 60.4 Å². The number of nitrogens with zero attached hydrogens (tertiary/aromatic N) is 2. The molecule has 35 heavy (non-hydrogen) atoms. The lowest BCUT2D eigenvalue weighted by atomic mass is 9.86. The number of para-hydroxylation sites is 1. The molecular formula is C26H26N2O5S2. The molecule has 1 amide bonds. The van der Waals surface area contributed by atoms with Crippen LogP contribution < -0.4 is 0 Å². The van der Waals surface area contributed by atoms with Crippen LogP contribution in [0.2, 0.25) is 0 Å². The molecule has 0 radical (unpaired) electrons. The number of rotatable bonds is 5. The van der Waals surface area contributed by atoms with E-state index in [1.165, 1.54) is 4.90 Å². The van der Waals surface area contributed by atoms with Gasteiger partial charge in [0.15, 0.2) is 16.4 Å². The molecule has 5 rings (SSSR count). The molecule has 0 N–H and O–H groups in total. The van der Waals surface area contributed by atoms with Gasteiger partial charge in [0.25, 0.3) is 5.91 Å². The standard InChI is InChI=1S/C26H26N2O5S2/c1-28(18-11-13-35(31,32)16-18)23(29)15-33-26(30)24-20-8-2-3-10-22(20)27-25-17(6-4-9-21(24)25)14-19-7-5-12-34-19/h2-3,5,7-8,10,12,14,18H,4,6,9,11,13,15-16H2,1H3/b17-14-/t18-/m1/s1. The van der Waals surface area contributed by atoms with Crippen molar-refractivity contribution in [3.05, 3.63) is 63.5 Å². The van der Waals surface area contributed by atoms with Crippen LogP contribution in [0.25, 0.3) is 22.6 Å². The molecule has 1 aliphatic heterocycles. The summed E-state index contributed by atoms with van der Waals surface area (Å²) in [5.74, 6) is -0.944. The van der Waals surface area contributed by atoms with Crippen molar-refractivity contribution in [1.82, 2.24) is 9.88 Å². The van der Waals surface area contributed by atoms with Crippen LogP contribution in [0.1, 0.15) is 45.8 Å². The molecule has 1 aromatic carbocycles. The highest BCUT2D eigenvalue weighted by atomic mass is 32.2. The minimum Gasteiger partial charge on any atom is -0.452 e. The summed E-state index contributed by atoms with van der Waals surface area (Å²) in [5, 5.41) is 2.73. The highest BCUT2D eigenvalue weighted by Crippen LogP contribution is 2.36. The number of esters is 1. The third-order valence-electron chi connectivity index (χ3n) is 6.71. The number of pyridine rings is 1. The Balaban J connectivity index is 1.44. The second-order valence-electron chi connectivity index (χ2n) is 9.01. The third-order valence-corrected chi connectivity index (χ3v) is 9.28. The lowest BCUT2D eigenvalue weighted by molar-refractivity contribution is -0.134. The monoisotopic (exact) mass is 510 g/mol. The Hall–Kier alpha value is -3.04. The van der Waals surface area contributed by atoms with E-state index in [1.54, 1.807) is 18.4 Å². The molecule has 1 saturated heterocycles. The molecule has 0 saturated carbocycles. The average Bonchev–Trinajstić information content (AvgIpc) is 3.49. The molecule has 7 nitrogen and oxygen atoms in total. The first kappa shape index (κ1) is 23.7. The lowest BCUT2D eigenvalue weighted by Crippen LogP contribution is -2.40. The Morgan fingerprint density at radius 1 is 1.20 bits per heavy atom. The maximum absolute atomic E-state index is 13.4. The minimum atomic E-state index is -3.12. The summed E-state index contributed by atoms with van der Waals surface area (Å²) in [6, 6.07) is 11.2. The number of fused-ring (bicyclic) bond motifs is 2. The normalized spacial score (nSPS) is 20.0. The van der Waals surface area contributed by atoms with E-state index in [0.29, 0.717) is 29.3 Å². The number of hydrogen-bond donors (Lipinski definition) is 0. The third kappa shape index (κ3) is 4.88. The molecule has 1 aliphatic carbocycles. The van der Waals surface area contributed by atoms with Gasteiger partial charge in [0.05, 0.1) is 28.3 Å². The topological polar surface area (TPSA) is 93.6 Å². The summed E-state index contributed by atoms with van der Waals surface area (Å²) in [7, 11) is -1.56. The second kappa shape index (κ2) is 9.54. The number of allylic oxidation sites excluding steroid dienone is 1. The summed E-state index contributed by atoms with van der Waals surface area (Å²) in [4.78, 5) is 33.5. The van der Waals surface area contributed by atoms with Crippen molar-refractivity contribution in [3.8, 4) is 0 Å². The number of likely N-dealkylation sites (N-methyl/N-ethyl adjacent to an activating group) is 1. The predicted molar refractivity (Wildman–Crippen MR) is 137 cm³/mol. The Morgan fingerprint density at radius 3 is 2.77 bits per heavy atom. The van der Waals surface area contributed by atoms with Crippen molar-refractivity contribution in [2.75, 3.05) is 25.2 Å². The zero-order valence-corrected chi connectivity index (χ0v) is 21.0. The molecule has 0 spiro atoms. The number of hydrogen-bond acceptors (Lipinski definition) is 7. The first-order chi connectivity index (χ1) is 16.8. The van der Waals surface area contributed by atoms with Crippen molar-refractivity contribution in [3.63, 3.8) is 0 Å². The molecular weight excluding hydrogens is 484 g/mol. The van der Waals surface area contributed by atoms with E-state index in [-0.39, 0.29) is 17.5 Å². The number of thiophene rings is 1. The average molecular weight is 511 g/mol. The van der Waals surface area contributed by atoms with Crippen LogP contribution in [0.3, 0.4) is 0 Å². The second-order valence-corrected chi connectivity index (χ2v) is 12.2. The van der Waals surface area contributed by atoms with Crippen LogP contribution in [0.4, 0.5) is 0 Å². The summed E-state index contributed by atoms with van der Waals surface area (Å²) in [6.07, 6.45) is 5.00. The predicted octanol–water partition coefficient (Wildman–Crippen LogP) is 3.98. The number of carbonyl (C=O) groups excluding carboxylic acids is 2. The molecule has 182 valence electrons. The van der Waals surface area contributed by atoms with Gasteiger partial charge in [0.1, 0.15) is 0 Å². The summed E-state index contributed by atoms with van der Waals surface area (Å²) in [5.41, 5.74) is 3.92. The van der Waals surface area contributed by atoms with Crippen molar-refractivity contribution in [2.24, 2.45) is 0 Å². The molecule has 1 atom stereocenters. The van der Waals surface area contributed by atoms with Crippen LogP contribution in [0.5, 0.6) is 0 Å². The van der Waals surface area contributed by atoms with Gasteiger partial charge in [-0.15, -0.1) is 11.3 Å². The lowest BCUT2D eigenvalue weighted by Gasteiger charge is -2.24. The molecule has 2 aromatic heterocycles. The van der Waals surface area contributed by atoms with E-state index in [9.17, 15) is 18.0 Å². The summed E-state index contributed by atoms with van der Waals surface area (Å²) in [6.45, 7) is -0.435. The first-order valence-corrected chi connectivity index (χ1v) is 14.3. The molecule has 9 heteroatoms. The Kier molecular flexibility index (Phi) is 6.46. The summed E-state index contributed by atoms with van der Waals surface area (Å²) < 4.78 is 29.1. The van der Waals surface area contributed by atoms with Gasteiger partial charge in [0.2, 0.25) is 0 Å². The fourth-order valence-corrected chi connectivity index (χ4v) is 7.30. The Labute approximate surface area is 208 Å². The molecule has 0 bridgehead atoms. The van der Waals surface area contributed by atoms with E-state index in [4.69, 9.17) is 9.72 Å².